The van der Waals surface area contributed by atoms with E-state index in [0.717, 1.165) is 0 Å². The summed E-state index contributed by atoms with van der Waals surface area (Å²) in [5.41, 5.74) is 0.101. The van der Waals surface area contributed by atoms with Crippen molar-refractivity contribution in [1.29, 1.82) is 0 Å². The Labute approximate surface area is 157 Å². The fourth-order valence-electron chi connectivity index (χ4n) is 2.07. The number of ether oxygens (including phenoxy) is 2. The molecule has 0 bridgehead atoms. The van der Waals surface area contributed by atoms with Crippen molar-refractivity contribution in [1.82, 2.24) is 0 Å². The van der Waals surface area contributed by atoms with Crippen LogP contribution in [0.1, 0.15) is 40.2 Å². The Morgan fingerprint density at radius 2 is 1.56 bits per heavy atom. The summed E-state index contributed by atoms with van der Waals surface area (Å²) in [5.74, 6) is -2.57. The summed E-state index contributed by atoms with van der Waals surface area (Å²) in [6, 6.07) is 4.38. The topological polar surface area (TPSA) is 123 Å². The van der Waals surface area contributed by atoms with Crippen molar-refractivity contribution < 1.29 is 33.7 Å². The molecular weight excluding hydrogens is 356 g/mol. The van der Waals surface area contributed by atoms with Crippen molar-refractivity contribution in [3.05, 3.63) is 34.2 Å². The molecule has 0 aliphatic carbocycles. The predicted octanol–water partition coefficient (Wildman–Crippen LogP) is 3.33. The number of aliphatic carboxylic acids is 2. The van der Waals surface area contributed by atoms with Gasteiger partial charge in [-0.3, -0.25) is 0 Å². The SMILES string of the molecule is CC.CC.CCc1cc(=O)oc2c(OCC(=O)O)c(OCC(=O)O)ccc12. The highest BCUT2D eigenvalue weighted by Gasteiger charge is 2.17. The van der Waals surface area contributed by atoms with Crippen LogP contribution in [-0.2, 0) is 16.0 Å². The molecule has 0 unspecified atom stereocenters. The molecular formula is C19H26O8. The van der Waals surface area contributed by atoms with Gasteiger partial charge in [0, 0.05) is 11.5 Å². The number of hydrogen-bond acceptors (Lipinski definition) is 6. The first kappa shape index (κ1) is 24.0. The van der Waals surface area contributed by atoms with E-state index in [2.05, 4.69) is 0 Å². The van der Waals surface area contributed by atoms with Crippen LogP contribution >= 0.6 is 0 Å². The van der Waals surface area contributed by atoms with Gasteiger partial charge in [-0.25, -0.2) is 14.4 Å². The van der Waals surface area contributed by atoms with Crippen LogP contribution in [0.2, 0.25) is 0 Å². The van der Waals surface area contributed by atoms with Crippen LogP contribution < -0.4 is 15.1 Å². The monoisotopic (exact) mass is 382 g/mol. The lowest BCUT2D eigenvalue weighted by Gasteiger charge is -2.13. The molecule has 0 radical (unpaired) electrons. The van der Waals surface area contributed by atoms with Crippen LogP contribution in [0, 0.1) is 0 Å². The van der Waals surface area contributed by atoms with Crippen molar-refractivity contribution in [3.63, 3.8) is 0 Å². The number of carbonyl (C=O) groups is 2. The molecule has 2 rings (SSSR count). The standard InChI is InChI=1S/C15H14O8.2C2H6/c1-2-8-5-13(20)23-14-9(8)3-4-10(21-6-11(16)17)15(14)22-7-12(18)19;2*1-2/h3-5H,2,6-7H2,1H3,(H,16,17)(H,18,19);2*1-2H3. The first-order valence-electron chi connectivity index (χ1n) is 8.71. The lowest BCUT2D eigenvalue weighted by Crippen LogP contribution is -2.14. The Bertz CT molecular complexity index is 807. The van der Waals surface area contributed by atoms with Gasteiger partial charge >= 0.3 is 17.6 Å². The quantitative estimate of drug-likeness (QED) is 0.699. The smallest absolute Gasteiger partial charge is 0.341 e. The Kier molecular flexibility index (Phi) is 11.0. The van der Waals surface area contributed by atoms with Crippen molar-refractivity contribution >= 4 is 22.9 Å². The van der Waals surface area contributed by atoms with Gasteiger partial charge in [0.15, 0.2) is 24.5 Å². The summed E-state index contributed by atoms with van der Waals surface area (Å²) >= 11 is 0. The van der Waals surface area contributed by atoms with E-state index in [1.54, 1.807) is 6.07 Å². The van der Waals surface area contributed by atoms with E-state index >= 15 is 0 Å². The van der Waals surface area contributed by atoms with Crippen LogP contribution in [0.5, 0.6) is 11.5 Å². The summed E-state index contributed by atoms with van der Waals surface area (Å²) in [4.78, 5) is 33.0. The van der Waals surface area contributed by atoms with Crippen molar-refractivity contribution in [2.24, 2.45) is 0 Å². The highest BCUT2D eigenvalue weighted by molar-refractivity contribution is 5.88. The Morgan fingerprint density at radius 1 is 1.00 bits per heavy atom. The molecule has 0 saturated heterocycles. The van der Waals surface area contributed by atoms with Gasteiger partial charge in [-0.2, -0.15) is 0 Å². The van der Waals surface area contributed by atoms with Crippen LogP contribution in [-0.4, -0.2) is 35.4 Å². The average molecular weight is 382 g/mol. The summed E-state index contributed by atoms with van der Waals surface area (Å²) in [7, 11) is 0. The van der Waals surface area contributed by atoms with Crippen LogP contribution in [0.3, 0.4) is 0 Å². The molecule has 2 N–H and O–H groups in total. The summed E-state index contributed by atoms with van der Waals surface area (Å²) in [6.07, 6.45) is 0.551. The van der Waals surface area contributed by atoms with Gasteiger partial charge in [-0.15, -0.1) is 0 Å². The lowest BCUT2D eigenvalue weighted by atomic mass is 10.1. The maximum atomic E-state index is 11.7. The largest absolute Gasteiger partial charge is 0.479 e. The minimum atomic E-state index is -1.24. The molecule has 0 saturated carbocycles. The van der Waals surface area contributed by atoms with Crippen LogP contribution in [0.15, 0.2) is 27.4 Å². The number of fused-ring (bicyclic) bond motifs is 1. The second-order valence-corrected chi connectivity index (χ2v) is 4.58. The van der Waals surface area contributed by atoms with Gasteiger partial charge in [0.2, 0.25) is 5.75 Å². The summed E-state index contributed by atoms with van der Waals surface area (Å²) in [6.45, 7) is 8.51. The van der Waals surface area contributed by atoms with E-state index < -0.39 is 30.8 Å². The van der Waals surface area contributed by atoms with Gasteiger partial charge in [0.1, 0.15) is 0 Å². The molecule has 2 aromatic rings. The van der Waals surface area contributed by atoms with E-state index in [4.69, 9.17) is 24.1 Å². The van der Waals surface area contributed by atoms with Crippen molar-refractivity contribution in [2.75, 3.05) is 13.2 Å². The zero-order chi connectivity index (χ0) is 21.0. The number of carboxylic acids is 2. The third-order valence-corrected chi connectivity index (χ3v) is 2.99. The molecule has 8 heteroatoms. The average Bonchev–Trinajstić information content (AvgIpc) is 2.67. The molecule has 8 nitrogen and oxygen atoms in total. The fraction of sp³-hybridized carbons (Fsp3) is 0.421. The Morgan fingerprint density at radius 3 is 2.07 bits per heavy atom. The first-order valence-corrected chi connectivity index (χ1v) is 8.71. The van der Waals surface area contributed by atoms with E-state index in [0.29, 0.717) is 17.4 Å². The number of hydrogen-bond donors (Lipinski definition) is 2. The maximum absolute atomic E-state index is 11.7. The Balaban J connectivity index is 0.00000158. The zero-order valence-electron chi connectivity index (χ0n) is 16.2. The van der Waals surface area contributed by atoms with Crippen molar-refractivity contribution in [3.8, 4) is 11.5 Å². The molecule has 0 aliphatic heterocycles. The van der Waals surface area contributed by atoms with Crippen LogP contribution in [0.25, 0.3) is 11.0 Å². The highest BCUT2D eigenvalue weighted by atomic mass is 16.5. The number of benzene rings is 1. The number of carboxylic acid groups (broad SMARTS) is 2. The molecule has 0 atom stereocenters. The molecule has 1 aromatic carbocycles. The molecule has 0 fully saturated rings. The van der Waals surface area contributed by atoms with E-state index in [9.17, 15) is 14.4 Å². The molecule has 1 heterocycles. The molecule has 150 valence electrons. The summed E-state index contributed by atoms with van der Waals surface area (Å²) < 4.78 is 15.3. The fourth-order valence-corrected chi connectivity index (χ4v) is 2.07. The maximum Gasteiger partial charge on any atom is 0.341 e. The van der Waals surface area contributed by atoms with Gasteiger partial charge in [0.05, 0.1) is 0 Å². The second-order valence-electron chi connectivity index (χ2n) is 4.58. The Hall–Kier alpha value is -3.03. The molecule has 0 aliphatic rings. The minimum absolute atomic E-state index is 0.0162. The molecule has 27 heavy (non-hydrogen) atoms. The van der Waals surface area contributed by atoms with Crippen molar-refractivity contribution in [2.45, 2.75) is 41.0 Å². The first-order chi connectivity index (χ1) is 12.9. The van der Waals surface area contributed by atoms with E-state index in [1.165, 1.54) is 12.1 Å². The van der Waals surface area contributed by atoms with Gasteiger partial charge < -0.3 is 24.1 Å². The van der Waals surface area contributed by atoms with Gasteiger partial charge in [-0.05, 0) is 24.1 Å². The zero-order valence-corrected chi connectivity index (χ0v) is 16.2. The normalized spacial score (nSPS) is 9.37. The number of rotatable bonds is 7. The van der Waals surface area contributed by atoms with Gasteiger partial charge in [0.25, 0.3) is 0 Å². The predicted molar refractivity (Wildman–Crippen MR) is 101 cm³/mol. The van der Waals surface area contributed by atoms with E-state index in [-0.39, 0.29) is 17.1 Å². The van der Waals surface area contributed by atoms with E-state index in [1.807, 2.05) is 34.6 Å². The minimum Gasteiger partial charge on any atom is -0.479 e. The third kappa shape index (κ3) is 7.01. The molecule has 1 aromatic heterocycles. The van der Waals surface area contributed by atoms with Gasteiger partial charge in [-0.1, -0.05) is 34.6 Å². The third-order valence-electron chi connectivity index (χ3n) is 2.99. The highest BCUT2D eigenvalue weighted by Crippen LogP contribution is 2.36. The summed E-state index contributed by atoms with van der Waals surface area (Å²) in [5, 5.41) is 18.0. The molecule has 0 amide bonds. The lowest BCUT2D eigenvalue weighted by molar-refractivity contribution is -0.140. The van der Waals surface area contributed by atoms with Crippen LogP contribution in [0.4, 0.5) is 0 Å². The number of aryl methyl sites for hydroxylation is 1. The molecule has 0 spiro atoms. The second kappa shape index (κ2) is 12.3.